The lowest BCUT2D eigenvalue weighted by molar-refractivity contribution is -0.658. The molecule has 4 nitrogen and oxygen atoms in total. The number of aryl methyl sites for hydroxylation is 2. The number of pyridine rings is 1. The molecule has 1 aromatic heterocycles. The maximum Gasteiger partial charge on any atom is 0.643 e. The van der Waals surface area contributed by atoms with Gasteiger partial charge in [-0.25, -0.2) is 9.38 Å². The standard InChI is InChI=1S/C34H40BN4/c1-22(2)26-19-20-36(8)32(21-26)39-33-25(7)13-11-18-31(33)37-29-16-9-10-17-30(29)38(35(37)39)34-27(23(3)4)14-12-15-28(34)24(5)6/h9-24H,1-8H3/q+1. The fraction of sp³-hybridized carbons (Fsp3) is 0.324. The van der Waals surface area contributed by atoms with E-state index in [-0.39, 0.29) is 7.12 Å². The number of fused-ring (bicyclic) bond motifs is 5. The highest BCUT2D eigenvalue weighted by Gasteiger charge is 2.61. The number of nitrogens with zero attached hydrogens (tertiary/aromatic N) is 4. The molecule has 0 fully saturated rings. The normalized spacial score (nSPS) is 14.1. The number of anilines is 6. The summed E-state index contributed by atoms with van der Waals surface area (Å²) in [7, 11) is 2.12. The van der Waals surface area contributed by atoms with Crippen LogP contribution in [-0.2, 0) is 7.05 Å². The highest BCUT2D eigenvalue weighted by Crippen LogP contribution is 2.57. The van der Waals surface area contributed by atoms with Gasteiger partial charge >= 0.3 is 7.12 Å². The zero-order valence-corrected chi connectivity index (χ0v) is 24.6. The number of para-hydroxylation sites is 4. The van der Waals surface area contributed by atoms with E-state index in [1.165, 1.54) is 56.5 Å². The topological polar surface area (TPSA) is 13.6 Å². The Kier molecular flexibility index (Phi) is 6.21. The van der Waals surface area contributed by atoms with E-state index < -0.39 is 0 Å². The Labute approximate surface area is 234 Å². The maximum atomic E-state index is 2.63. The van der Waals surface area contributed by atoms with E-state index in [2.05, 4.69) is 154 Å². The van der Waals surface area contributed by atoms with Crippen LogP contribution in [0.5, 0.6) is 0 Å². The van der Waals surface area contributed by atoms with Gasteiger partial charge in [0.25, 0.3) is 5.82 Å². The Morgan fingerprint density at radius 3 is 1.82 bits per heavy atom. The third kappa shape index (κ3) is 3.85. The van der Waals surface area contributed by atoms with E-state index in [1.54, 1.807) is 0 Å². The van der Waals surface area contributed by atoms with Crippen LogP contribution < -0.4 is 19.0 Å². The summed E-state index contributed by atoms with van der Waals surface area (Å²) >= 11 is 0. The largest absolute Gasteiger partial charge is 0.643 e. The lowest BCUT2D eigenvalue weighted by atomic mass is 9.82. The first-order valence-electron chi connectivity index (χ1n) is 14.4. The van der Waals surface area contributed by atoms with Gasteiger partial charge in [0.15, 0.2) is 0 Å². The molecule has 0 bridgehead atoms. The van der Waals surface area contributed by atoms with Gasteiger partial charge in [-0.05, 0) is 71.2 Å². The minimum absolute atomic E-state index is 0.0514. The second-order valence-electron chi connectivity index (χ2n) is 12.1. The molecule has 0 atom stereocenters. The lowest BCUT2D eigenvalue weighted by Gasteiger charge is -2.32. The first-order valence-corrected chi connectivity index (χ1v) is 14.4. The van der Waals surface area contributed by atoms with Crippen molar-refractivity contribution in [2.45, 2.75) is 66.2 Å². The summed E-state index contributed by atoms with van der Waals surface area (Å²) in [6, 6.07) is 27.2. The van der Waals surface area contributed by atoms with Gasteiger partial charge in [-0.3, -0.25) is 0 Å². The summed E-state index contributed by atoms with van der Waals surface area (Å²) in [5.41, 5.74) is 11.8. The van der Waals surface area contributed by atoms with Gasteiger partial charge in [0.05, 0.1) is 30.3 Å². The van der Waals surface area contributed by atoms with Crippen molar-refractivity contribution < 1.29 is 4.57 Å². The van der Waals surface area contributed by atoms with Gasteiger partial charge in [-0.2, -0.15) is 0 Å². The van der Waals surface area contributed by atoms with E-state index in [0.717, 1.165) is 0 Å². The van der Waals surface area contributed by atoms with Crippen molar-refractivity contribution in [2.75, 3.05) is 14.4 Å². The molecule has 0 saturated carbocycles. The molecule has 4 aromatic rings. The summed E-state index contributed by atoms with van der Waals surface area (Å²) < 4.78 is 2.28. The van der Waals surface area contributed by atoms with Crippen molar-refractivity contribution >= 4 is 41.4 Å². The maximum absolute atomic E-state index is 2.63. The minimum Gasteiger partial charge on any atom is -0.320 e. The van der Waals surface area contributed by atoms with E-state index in [0.29, 0.717) is 17.8 Å². The summed E-state index contributed by atoms with van der Waals surface area (Å²) in [6.45, 7) is 16.1. The van der Waals surface area contributed by atoms with Crippen LogP contribution in [0.4, 0.5) is 34.3 Å². The predicted molar refractivity (Wildman–Crippen MR) is 166 cm³/mol. The molecular weight excluding hydrogens is 475 g/mol. The molecule has 0 spiro atoms. The van der Waals surface area contributed by atoms with Crippen molar-refractivity contribution in [1.29, 1.82) is 0 Å². The van der Waals surface area contributed by atoms with Crippen LogP contribution in [0, 0.1) is 6.92 Å². The van der Waals surface area contributed by atoms with Crippen molar-refractivity contribution in [1.82, 2.24) is 0 Å². The second-order valence-corrected chi connectivity index (χ2v) is 12.1. The molecule has 0 aliphatic carbocycles. The Morgan fingerprint density at radius 1 is 0.615 bits per heavy atom. The van der Waals surface area contributed by atoms with Crippen LogP contribution in [0.25, 0.3) is 0 Å². The van der Waals surface area contributed by atoms with Crippen molar-refractivity contribution in [3.63, 3.8) is 0 Å². The molecule has 198 valence electrons. The van der Waals surface area contributed by atoms with E-state index in [9.17, 15) is 0 Å². The molecule has 0 unspecified atom stereocenters. The van der Waals surface area contributed by atoms with Gasteiger partial charge in [0.1, 0.15) is 5.69 Å². The minimum atomic E-state index is -0.0514. The molecule has 3 aromatic carbocycles. The zero-order chi connectivity index (χ0) is 27.6. The number of hydrogen-bond acceptors (Lipinski definition) is 3. The monoisotopic (exact) mass is 515 g/mol. The lowest BCUT2D eigenvalue weighted by Crippen LogP contribution is -2.55. The van der Waals surface area contributed by atoms with Gasteiger partial charge in [0.2, 0.25) is 0 Å². The number of rotatable bonds is 5. The molecule has 0 radical (unpaired) electrons. The van der Waals surface area contributed by atoms with Crippen LogP contribution in [0.2, 0.25) is 0 Å². The summed E-state index contributed by atoms with van der Waals surface area (Å²) in [4.78, 5) is 7.76. The van der Waals surface area contributed by atoms with E-state index in [1.807, 2.05) is 0 Å². The predicted octanol–water partition coefficient (Wildman–Crippen LogP) is 8.62. The number of hydrogen-bond donors (Lipinski definition) is 0. The molecular formula is C34H40BN4+. The van der Waals surface area contributed by atoms with Crippen LogP contribution in [0.15, 0.2) is 79.0 Å². The molecule has 2 aliphatic rings. The molecule has 0 saturated heterocycles. The van der Waals surface area contributed by atoms with Gasteiger partial charge in [-0.1, -0.05) is 84.0 Å². The first-order chi connectivity index (χ1) is 18.7. The zero-order valence-electron chi connectivity index (χ0n) is 24.6. The molecule has 6 rings (SSSR count). The quantitative estimate of drug-likeness (QED) is 0.195. The third-order valence-electron chi connectivity index (χ3n) is 8.46. The SMILES string of the molecule is Cc1cccc2c1N(c1cc(C(C)C)cc[n+]1C)B1N2c2ccccc2N1c1c(C(C)C)cccc1C(C)C. The summed E-state index contributed by atoms with van der Waals surface area (Å²) in [6.07, 6.45) is 2.22. The highest BCUT2D eigenvalue weighted by atomic mass is 15.5. The smallest absolute Gasteiger partial charge is 0.320 e. The molecule has 5 heteroatoms. The van der Waals surface area contributed by atoms with E-state index >= 15 is 0 Å². The van der Waals surface area contributed by atoms with Crippen molar-refractivity contribution in [3.8, 4) is 0 Å². The van der Waals surface area contributed by atoms with Gasteiger partial charge in [0, 0.05) is 11.8 Å². The van der Waals surface area contributed by atoms with Gasteiger partial charge in [-0.15, -0.1) is 0 Å². The molecule has 0 N–H and O–H groups in total. The van der Waals surface area contributed by atoms with Crippen LogP contribution in [0.1, 0.15) is 81.5 Å². The summed E-state index contributed by atoms with van der Waals surface area (Å²) in [5, 5.41) is 0. The molecule has 0 amide bonds. The highest BCUT2D eigenvalue weighted by molar-refractivity contribution is 6.80. The second kappa shape index (κ2) is 9.48. The molecule has 3 heterocycles. The Bertz CT molecular complexity index is 1530. The Morgan fingerprint density at radius 2 is 1.21 bits per heavy atom. The van der Waals surface area contributed by atoms with Crippen LogP contribution in [0.3, 0.4) is 0 Å². The van der Waals surface area contributed by atoms with Crippen molar-refractivity contribution in [3.05, 3.63) is 101 Å². The fourth-order valence-electron chi connectivity index (χ4n) is 6.42. The first kappa shape index (κ1) is 25.5. The average Bonchev–Trinajstić information content (AvgIpc) is 3.42. The fourth-order valence-corrected chi connectivity index (χ4v) is 6.42. The van der Waals surface area contributed by atoms with Gasteiger partial charge < -0.3 is 9.62 Å². The average molecular weight is 516 g/mol. The van der Waals surface area contributed by atoms with Crippen LogP contribution in [-0.4, -0.2) is 7.12 Å². The number of benzene rings is 3. The summed E-state index contributed by atoms with van der Waals surface area (Å²) in [5.74, 6) is 2.46. The van der Waals surface area contributed by atoms with E-state index in [4.69, 9.17) is 0 Å². The third-order valence-corrected chi connectivity index (χ3v) is 8.46. The Hall–Kier alpha value is -3.73. The molecule has 39 heavy (non-hydrogen) atoms. The Balaban J connectivity index is 1.70. The molecule has 2 aliphatic heterocycles. The van der Waals surface area contributed by atoms with Crippen molar-refractivity contribution in [2.24, 2.45) is 7.05 Å². The number of aromatic nitrogens is 1. The van der Waals surface area contributed by atoms with Crippen LogP contribution >= 0.6 is 0 Å².